The van der Waals surface area contributed by atoms with Crippen LogP contribution in [0.15, 0.2) is 48.5 Å². The van der Waals surface area contributed by atoms with Crippen molar-refractivity contribution in [3.05, 3.63) is 92.1 Å². The van der Waals surface area contributed by atoms with Crippen molar-refractivity contribution in [3.63, 3.8) is 0 Å². The van der Waals surface area contributed by atoms with E-state index in [-0.39, 0.29) is 17.4 Å². The third-order valence-corrected chi connectivity index (χ3v) is 6.96. The van der Waals surface area contributed by atoms with Gasteiger partial charge in [-0.05, 0) is 70.9 Å². The molecule has 1 aliphatic heterocycles. The number of nitrogens with one attached hydrogen (secondary N) is 1. The molecule has 3 aromatic rings. The SMILES string of the molecule is CC(C)(C)c1ccc(C(=O)N2CCc3c([nH]c4c3=CCCC=4)C2c2ccc(Cl)cc2)cc1. The average molecular weight is 445 g/mol. The molecule has 1 atom stereocenters. The van der Waals surface area contributed by atoms with Gasteiger partial charge in [0.1, 0.15) is 0 Å². The molecule has 1 amide bonds. The maximum Gasteiger partial charge on any atom is 0.254 e. The summed E-state index contributed by atoms with van der Waals surface area (Å²) in [6, 6.07) is 15.8. The predicted molar refractivity (Wildman–Crippen MR) is 131 cm³/mol. The zero-order valence-corrected chi connectivity index (χ0v) is 19.7. The Kier molecular flexibility index (Phi) is 5.25. The van der Waals surface area contributed by atoms with E-state index < -0.39 is 0 Å². The Hall–Kier alpha value is -2.78. The van der Waals surface area contributed by atoms with Crippen molar-refractivity contribution >= 4 is 29.7 Å². The van der Waals surface area contributed by atoms with Crippen molar-refractivity contribution in [3.8, 4) is 0 Å². The van der Waals surface area contributed by atoms with E-state index in [1.165, 1.54) is 21.7 Å². The van der Waals surface area contributed by atoms with Gasteiger partial charge in [0.25, 0.3) is 5.91 Å². The van der Waals surface area contributed by atoms with Crippen LogP contribution in [-0.4, -0.2) is 22.3 Å². The average Bonchev–Trinajstić information content (AvgIpc) is 3.17. The van der Waals surface area contributed by atoms with Crippen LogP contribution < -0.4 is 10.6 Å². The lowest BCUT2D eigenvalue weighted by molar-refractivity contribution is 0.0691. The van der Waals surface area contributed by atoms with Gasteiger partial charge >= 0.3 is 0 Å². The van der Waals surface area contributed by atoms with E-state index in [1.54, 1.807) is 0 Å². The molecule has 4 heteroatoms. The largest absolute Gasteiger partial charge is 0.356 e. The summed E-state index contributed by atoms with van der Waals surface area (Å²) in [4.78, 5) is 19.4. The number of rotatable bonds is 2. The molecule has 1 aliphatic carbocycles. The van der Waals surface area contributed by atoms with Crippen molar-refractivity contribution in [2.24, 2.45) is 0 Å². The molecular formula is C28H29ClN2O. The molecule has 0 spiro atoms. The molecule has 0 saturated carbocycles. The molecule has 0 radical (unpaired) electrons. The van der Waals surface area contributed by atoms with E-state index in [9.17, 15) is 4.79 Å². The van der Waals surface area contributed by atoms with Crippen LogP contribution in [0.5, 0.6) is 0 Å². The fraction of sp³-hybridized carbons (Fsp3) is 0.321. The van der Waals surface area contributed by atoms with Gasteiger partial charge in [0.15, 0.2) is 0 Å². The van der Waals surface area contributed by atoms with Crippen molar-refractivity contribution in [2.75, 3.05) is 6.54 Å². The molecule has 1 unspecified atom stereocenters. The van der Waals surface area contributed by atoms with Crippen molar-refractivity contribution in [1.29, 1.82) is 0 Å². The van der Waals surface area contributed by atoms with Crippen LogP contribution in [0.4, 0.5) is 0 Å². The highest BCUT2D eigenvalue weighted by atomic mass is 35.5. The maximum absolute atomic E-state index is 13.7. The van der Waals surface area contributed by atoms with Gasteiger partial charge in [-0.3, -0.25) is 4.79 Å². The number of H-pyrrole nitrogens is 1. The van der Waals surface area contributed by atoms with Crippen LogP contribution in [0.25, 0.3) is 12.2 Å². The number of hydrogen-bond donors (Lipinski definition) is 1. The first kappa shape index (κ1) is 21.1. The summed E-state index contributed by atoms with van der Waals surface area (Å²) in [5.41, 5.74) is 5.58. The van der Waals surface area contributed by atoms with E-state index in [2.05, 4.69) is 50.0 Å². The van der Waals surface area contributed by atoms with E-state index in [1.807, 2.05) is 41.3 Å². The molecule has 0 fully saturated rings. The minimum Gasteiger partial charge on any atom is -0.356 e. The highest BCUT2D eigenvalue weighted by molar-refractivity contribution is 6.30. The normalized spacial score (nSPS) is 17.8. The van der Waals surface area contributed by atoms with Gasteiger partial charge in [-0.1, -0.05) is 68.8 Å². The topological polar surface area (TPSA) is 36.1 Å². The second-order valence-corrected chi connectivity index (χ2v) is 10.3. The summed E-state index contributed by atoms with van der Waals surface area (Å²) in [6.07, 6.45) is 7.62. The Morgan fingerprint density at radius 3 is 2.38 bits per heavy atom. The van der Waals surface area contributed by atoms with E-state index in [0.29, 0.717) is 11.6 Å². The zero-order valence-electron chi connectivity index (χ0n) is 18.9. The summed E-state index contributed by atoms with van der Waals surface area (Å²) in [7, 11) is 0. The van der Waals surface area contributed by atoms with Gasteiger partial charge in [0.2, 0.25) is 0 Å². The number of carbonyl (C=O) groups excluding carboxylic acids is 1. The first-order valence-electron chi connectivity index (χ1n) is 11.4. The van der Waals surface area contributed by atoms with Crippen LogP contribution in [0, 0.1) is 0 Å². The van der Waals surface area contributed by atoms with Crippen LogP contribution in [-0.2, 0) is 11.8 Å². The van der Waals surface area contributed by atoms with Gasteiger partial charge in [0.05, 0.1) is 6.04 Å². The number of fused-ring (bicyclic) bond motifs is 3. The Balaban J connectivity index is 1.59. The molecule has 0 saturated heterocycles. The predicted octanol–water partition coefficient (Wildman–Crippen LogP) is 5.11. The molecule has 1 aromatic heterocycles. The molecule has 0 bridgehead atoms. The quantitative estimate of drug-likeness (QED) is 0.585. The number of benzene rings is 2. The number of halogens is 1. The minimum atomic E-state index is -0.154. The highest BCUT2D eigenvalue weighted by Gasteiger charge is 2.34. The van der Waals surface area contributed by atoms with Gasteiger partial charge < -0.3 is 9.88 Å². The number of carbonyl (C=O) groups is 1. The summed E-state index contributed by atoms with van der Waals surface area (Å²) < 4.78 is 0. The van der Waals surface area contributed by atoms with Crippen molar-refractivity contribution < 1.29 is 4.79 Å². The maximum atomic E-state index is 13.7. The standard InChI is InChI=1S/C28H29ClN2O/c1-28(2,3)20-12-8-19(9-13-20)27(32)31-17-16-23-22-6-4-5-7-24(22)30-25(23)26(31)18-10-14-21(29)15-11-18/h6-15,26,30H,4-5,16-17H2,1-3H3. The molecule has 32 heavy (non-hydrogen) atoms. The zero-order chi connectivity index (χ0) is 22.5. The molecule has 164 valence electrons. The lowest BCUT2D eigenvalue weighted by atomic mass is 9.86. The van der Waals surface area contributed by atoms with Crippen LogP contribution in [0.3, 0.4) is 0 Å². The molecule has 2 heterocycles. The third kappa shape index (κ3) is 3.69. The van der Waals surface area contributed by atoms with E-state index in [4.69, 9.17) is 11.6 Å². The summed E-state index contributed by atoms with van der Waals surface area (Å²) in [5.74, 6) is 0.0663. The van der Waals surface area contributed by atoms with Gasteiger partial charge in [-0.15, -0.1) is 0 Å². The Morgan fingerprint density at radius 1 is 1.00 bits per heavy atom. The van der Waals surface area contributed by atoms with Crippen LogP contribution >= 0.6 is 11.6 Å². The Labute approximate surface area is 194 Å². The van der Waals surface area contributed by atoms with Gasteiger partial charge in [-0.2, -0.15) is 0 Å². The summed E-state index contributed by atoms with van der Waals surface area (Å²) in [5, 5.41) is 3.23. The molecule has 5 rings (SSSR count). The molecule has 1 N–H and O–H groups in total. The smallest absolute Gasteiger partial charge is 0.254 e. The fourth-order valence-electron chi connectivity index (χ4n) is 4.95. The second kappa shape index (κ2) is 7.97. The van der Waals surface area contributed by atoms with Gasteiger partial charge in [0, 0.05) is 28.2 Å². The lowest BCUT2D eigenvalue weighted by Gasteiger charge is -2.36. The Bertz CT molecular complexity index is 1280. The molecule has 3 nitrogen and oxygen atoms in total. The summed E-state index contributed by atoms with van der Waals surface area (Å²) in [6.45, 7) is 7.26. The van der Waals surface area contributed by atoms with E-state index in [0.717, 1.165) is 36.1 Å². The Morgan fingerprint density at radius 2 is 1.69 bits per heavy atom. The van der Waals surface area contributed by atoms with E-state index >= 15 is 0 Å². The number of amides is 1. The number of nitrogens with zero attached hydrogens (tertiary/aromatic N) is 1. The first-order chi connectivity index (χ1) is 15.3. The molecule has 2 aromatic carbocycles. The first-order valence-corrected chi connectivity index (χ1v) is 11.8. The monoisotopic (exact) mass is 444 g/mol. The summed E-state index contributed by atoms with van der Waals surface area (Å²) >= 11 is 6.18. The van der Waals surface area contributed by atoms with Crippen LogP contribution in [0.2, 0.25) is 5.02 Å². The third-order valence-electron chi connectivity index (χ3n) is 6.71. The molecule has 2 aliphatic rings. The van der Waals surface area contributed by atoms with Crippen LogP contribution in [0.1, 0.15) is 72.4 Å². The number of aromatic amines is 1. The van der Waals surface area contributed by atoms with Crippen molar-refractivity contribution in [1.82, 2.24) is 9.88 Å². The fourth-order valence-corrected chi connectivity index (χ4v) is 5.08. The lowest BCUT2D eigenvalue weighted by Crippen LogP contribution is -2.41. The number of hydrogen-bond acceptors (Lipinski definition) is 1. The van der Waals surface area contributed by atoms with Crippen molar-refractivity contribution in [2.45, 2.75) is 51.5 Å². The second-order valence-electron chi connectivity index (χ2n) is 9.86. The highest BCUT2D eigenvalue weighted by Crippen LogP contribution is 2.34. The minimum absolute atomic E-state index is 0.0593. The number of aromatic nitrogens is 1. The molecular weight excluding hydrogens is 416 g/mol. The van der Waals surface area contributed by atoms with Gasteiger partial charge in [-0.25, -0.2) is 0 Å².